The normalized spacial score (nSPS) is 24.6. The van der Waals surface area contributed by atoms with E-state index in [1.165, 1.54) is 31.2 Å². The van der Waals surface area contributed by atoms with E-state index in [1.54, 1.807) is 48.5 Å². The Balaban J connectivity index is 1.14. The second-order valence-electron chi connectivity index (χ2n) is 19.3. The van der Waals surface area contributed by atoms with Crippen LogP contribution in [0.4, 0.5) is 0 Å². The van der Waals surface area contributed by atoms with Gasteiger partial charge in [-0.3, -0.25) is 39.2 Å². The van der Waals surface area contributed by atoms with Crippen LogP contribution in [0.1, 0.15) is 70.6 Å². The highest BCUT2D eigenvalue weighted by atomic mass is 35.6. The summed E-state index contributed by atoms with van der Waals surface area (Å²) in [5.74, 6) is -4.67. The van der Waals surface area contributed by atoms with Gasteiger partial charge in [-0.25, -0.2) is 0 Å². The molecule has 0 spiro atoms. The van der Waals surface area contributed by atoms with Crippen LogP contribution in [0, 0.1) is 5.41 Å². The largest absolute Gasteiger partial charge is 0.457 e. The van der Waals surface area contributed by atoms with E-state index in [1.807, 2.05) is 97.1 Å². The molecule has 414 valence electrons. The Morgan fingerprint density at radius 1 is 0.475 bits per heavy atom. The number of esters is 1. The summed E-state index contributed by atoms with van der Waals surface area (Å²) in [7, 11) is 0. The van der Waals surface area contributed by atoms with Crippen LogP contribution in [0.15, 0.2) is 170 Å². The Labute approximate surface area is 475 Å². The van der Waals surface area contributed by atoms with Crippen molar-refractivity contribution < 1.29 is 66.6 Å². The summed E-state index contributed by atoms with van der Waals surface area (Å²) in [4.78, 5) is 74.9. The zero-order valence-electron chi connectivity index (χ0n) is 42.9. The summed E-state index contributed by atoms with van der Waals surface area (Å²) < 4.78 is 57.4. The summed E-state index contributed by atoms with van der Waals surface area (Å²) in [5, 5.41) is 8.84. The van der Waals surface area contributed by atoms with Crippen molar-refractivity contribution in [3.63, 3.8) is 0 Å². The first-order valence-electron chi connectivity index (χ1n) is 25.7. The standard InChI is InChI=1S/C60H54Cl3N3O14/c1-36(67)76-49-45(34-72-30-37-18-6-2-7-19-37)77-57(47(51(49)74-32-39-22-10-4-11-23-39)65-53(68)41-26-14-15-27-42(41)54(65)69)79-50-46(35-73-31-38-20-8-3-9-21-38)78-58(80-59(64)60(61,62)63)48(52(50)75-33-40-24-12-5-13-25-40)66-55(70)43-28-16-17-29-44(43)56(66)71/h2-29,45-52,57-58,64H,30-35H2,1H3/t45-,46-,47-,48-,49-,50-,51-,52-,57+,58+/m1/s1. The van der Waals surface area contributed by atoms with E-state index in [2.05, 4.69) is 0 Å². The number of nitrogens with zero attached hydrogens (tertiary/aromatic N) is 2. The minimum atomic E-state index is -2.47. The number of hydrogen-bond donors (Lipinski definition) is 1. The number of halogens is 3. The SMILES string of the molecule is CC(=O)O[C@H]1[C@H](OCc2ccccc2)[C@@H](N2C(=O)c3ccccc3C2=O)[C@H](O[C@H]2[C@H](OCc3ccccc3)[C@@H](N3C(=O)c4ccccc4C3=O)[C@H](OC(=N)C(Cl)(Cl)Cl)O[C@@H]2COCc2ccccc2)O[C@@H]1COCc1ccccc1. The van der Waals surface area contributed by atoms with Crippen molar-refractivity contribution in [3.8, 4) is 0 Å². The molecule has 0 radical (unpaired) electrons. The summed E-state index contributed by atoms with van der Waals surface area (Å²) in [5.41, 5.74) is 3.19. The number of carbonyl (C=O) groups excluding carboxylic acids is 5. The highest BCUT2D eigenvalue weighted by molar-refractivity contribution is 6.76. The van der Waals surface area contributed by atoms with Gasteiger partial charge in [-0.2, -0.15) is 0 Å². The molecule has 0 aliphatic carbocycles. The molecule has 17 nitrogen and oxygen atoms in total. The molecule has 4 heterocycles. The molecule has 0 bridgehead atoms. The van der Waals surface area contributed by atoms with Crippen molar-refractivity contribution in [1.82, 2.24) is 9.80 Å². The van der Waals surface area contributed by atoms with Crippen LogP contribution < -0.4 is 0 Å². The number of alkyl halides is 3. The van der Waals surface area contributed by atoms with Gasteiger partial charge in [0.2, 0.25) is 12.2 Å². The van der Waals surface area contributed by atoms with Gasteiger partial charge in [0.15, 0.2) is 12.4 Å². The van der Waals surface area contributed by atoms with Crippen LogP contribution in [-0.2, 0) is 73.9 Å². The van der Waals surface area contributed by atoms with Crippen LogP contribution in [0.25, 0.3) is 0 Å². The highest BCUT2D eigenvalue weighted by Crippen LogP contribution is 2.42. The van der Waals surface area contributed by atoms with Gasteiger partial charge in [0.05, 0.1) is 61.9 Å². The van der Waals surface area contributed by atoms with Gasteiger partial charge in [-0.05, 0) is 46.5 Å². The van der Waals surface area contributed by atoms with E-state index in [0.29, 0.717) is 11.1 Å². The average Bonchev–Trinajstić information content (AvgIpc) is 4.08. The van der Waals surface area contributed by atoms with Crippen LogP contribution in [0.5, 0.6) is 0 Å². The number of nitrogens with one attached hydrogen (secondary N) is 1. The first-order valence-corrected chi connectivity index (χ1v) is 26.8. The van der Waals surface area contributed by atoms with Crippen molar-refractivity contribution in [1.29, 1.82) is 5.41 Å². The van der Waals surface area contributed by atoms with Gasteiger partial charge in [0.1, 0.15) is 42.6 Å². The first kappa shape index (κ1) is 56.4. The maximum Gasteiger partial charge on any atom is 0.303 e. The predicted octanol–water partition coefficient (Wildman–Crippen LogP) is 9.05. The summed E-state index contributed by atoms with van der Waals surface area (Å²) in [6.07, 6.45) is -12.1. The van der Waals surface area contributed by atoms with Crippen LogP contribution in [0.2, 0.25) is 0 Å². The Morgan fingerprint density at radius 3 is 1.20 bits per heavy atom. The lowest BCUT2D eigenvalue weighted by Crippen LogP contribution is -2.71. The molecule has 10 rings (SSSR count). The smallest absolute Gasteiger partial charge is 0.303 e. The van der Waals surface area contributed by atoms with Crippen LogP contribution >= 0.6 is 34.8 Å². The molecule has 80 heavy (non-hydrogen) atoms. The molecule has 20 heteroatoms. The molecule has 0 unspecified atom stereocenters. The van der Waals surface area contributed by atoms with E-state index in [0.717, 1.165) is 20.9 Å². The molecule has 6 aromatic rings. The molecular formula is C60H54Cl3N3O14. The molecule has 4 aliphatic heterocycles. The van der Waals surface area contributed by atoms with E-state index < -0.39 is 101 Å². The Kier molecular flexibility index (Phi) is 17.8. The van der Waals surface area contributed by atoms with E-state index in [9.17, 15) is 24.0 Å². The van der Waals surface area contributed by atoms with E-state index in [4.69, 9.17) is 82.8 Å². The average molecular weight is 1150 g/mol. The lowest BCUT2D eigenvalue weighted by atomic mass is 9.92. The monoisotopic (exact) mass is 1150 g/mol. The molecule has 1 N–H and O–H groups in total. The molecule has 10 atom stereocenters. The number of fused-ring (bicyclic) bond motifs is 2. The van der Waals surface area contributed by atoms with Gasteiger partial charge >= 0.3 is 5.97 Å². The fraction of sp³-hybridized carbons (Fsp3) is 0.300. The molecule has 4 amide bonds. The second kappa shape index (κ2) is 25.3. The van der Waals surface area contributed by atoms with Crippen LogP contribution in [-0.4, -0.2) is 124 Å². The van der Waals surface area contributed by atoms with Crippen molar-refractivity contribution in [2.24, 2.45) is 0 Å². The lowest BCUT2D eigenvalue weighted by molar-refractivity contribution is -0.344. The van der Waals surface area contributed by atoms with Gasteiger partial charge in [-0.1, -0.05) is 180 Å². The Morgan fingerprint density at radius 2 is 0.812 bits per heavy atom. The minimum absolute atomic E-state index is 0.0399. The molecule has 6 aromatic carbocycles. The van der Waals surface area contributed by atoms with Crippen molar-refractivity contribution in [2.45, 2.75) is 98.4 Å². The number of amides is 4. The number of ether oxygens (including phenoxy) is 9. The van der Waals surface area contributed by atoms with Gasteiger partial charge in [0, 0.05) is 6.92 Å². The topological polar surface area (TPSA) is 199 Å². The molecule has 0 saturated carbocycles. The molecule has 0 aromatic heterocycles. The van der Waals surface area contributed by atoms with Crippen LogP contribution in [0.3, 0.4) is 0 Å². The van der Waals surface area contributed by atoms with Crippen molar-refractivity contribution >= 4 is 70.3 Å². The molecule has 2 saturated heterocycles. The lowest BCUT2D eigenvalue weighted by Gasteiger charge is -2.52. The highest BCUT2D eigenvalue weighted by Gasteiger charge is 2.61. The quantitative estimate of drug-likeness (QED) is 0.0250. The number of imide groups is 2. The number of benzene rings is 6. The third-order valence-corrected chi connectivity index (χ3v) is 14.4. The number of hydrogen-bond acceptors (Lipinski definition) is 15. The maximum atomic E-state index is 15.0. The molecule has 4 aliphatic rings. The summed E-state index contributed by atoms with van der Waals surface area (Å²) in [6.45, 7) is 0.459. The van der Waals surface area contributed by atoms with Crippen molar-refractivity contribution in [2.75, 3.05) is 13.2 Å². The van der Waals surface area contributed by atoms with Gasteiger partial charge in [-0.15, -0.1) is 0 Å². The summed E-state index contributed by atoms with van der Waals surface area (Å²) in [6, 6.07) is 45.9. The fourth-order valence-corrected chi connectivity index (χ4v) is 10.4. The van der Waals surface area contributed by atoms with E-state index in [-0.39, 0.29) is 61.9 Å². The first-order chi connectivity index (χ1) is 38.7. The number of carbonyl (C=O) groups is 5. The Hall–Kier alpha value is -6.87. The number of rotatable bonds is 20. The fourth-order valence-electron chi connectivity index (χ4n) is 10.2. The van der Waals surface area contributed by atoms with E-state index >= 15 is 0 Å². The minimum Gasteiger partial charge on any atom is -0.457 e. The second-order valence-corrected chi connectivity index (χ2v) is 21.5. The molecule has 2 fully saturated rings. The predicted molar refractivity (Wildman–Crippen MR) is 291 cm³/mol. The zero-order valence-corrected chi connectivity index (χ0v) is 45.2. The van der Waals surface area contributed by atoms with Gasteiger partial charge < -0.3 is 42.6 Å². The maximum absolute atomic E-state index is 15.0. The van der Waals surface area contributed by atoms with Gasteiger partial charge in [0.25, 0.3) is 27.4 Å². The molecular weight excluding hydrogens is 1090 g/mol. The third kappa shape index (κ3) is 12.5. The zero-order chi connectivity index (χ0) is 55.9. The third-order valence-electron chi connectivity index (χ3n) is 13.9. The van der Waals surface area contributed by atoms with Crippen molar-refractivity contribution in [3.05, 3.63) is 214 Å². The summed E-state index contributed by atoms with van der Waals surface area (Å²) >= 11 is 18.8. The Bertz CT molecular complexity index is 3110.